The summed E-state index contributed by atoms with van der Waals surface area (Å²) >= 11 is 0. The molecule has 0 unspecified atom stereocenters. The van der Waals surface area contributed by atoms with Crippen LogP contribution in [0.2, 0.25) is 0 Å². The predicted molar refractivity (Wildman–Crippen MR) is 123 cm³/mol. The van der Waals surface area contributed by atoms with Gasteiger partial charge in [0.2, 0.25) is 0 Å². The Morgan fingerprint density at radius 3 is 2.21 bits per heavy atom. The molecule has 4 fully saturated rings. The third kappa shape index (κ3) is 2.99. The van der Waals surface area contributed by atoms with E-state index in [1.165, 1.54) is 0 Å². The Labute approximate surface area is 202 Å². The van der Waals surface area contributed by atoms with Gasteiger partial charge in [-0.2, -0.15) is 0 Å². The SMILES string of the molecule is CCC(=O)CC[C@@H](C)[C@H]1C[C@H](O)[C@]2(O)[C@]1(C)CC[C@@H]1[C@@]3(C)CC[C@H](O)[C@H](O)[C@]3(O)[C@@H](O)C[C@]12O. The molecule has 7 N–H and O–H groups in total. The molecule has 0 aliphatic heterocycles. The number of ketones is 1. The largest absolute Gasteiger partial charge is 0.390 e. The Morgan fingerprint density at radius 1 is 0.971 bits per heavy atom. The molecule has 0 aromatic rings. The number of aliphatic hydroxyl groups excluding tert-OH is 4. The highest BCUT2D eigenvalue weighted by Crippen LogP contribution is 2.72. The number of carbonyl (C=O) groups is 1. The van der Waals surface area contributed by atoms with Crippen molar-refractivity contribution in [2.75, 3.05) is 0 Å². The fraction of sp³-hybridized carbons (Fsp3) is 0.962. The molecule has 4 aliphatic rings. The lowest BCUT2D eigenvalue weighted by Gasteiger charge is -2.71. The van der Waals surface area contributed by atoms with Gasteiger partial charge in [-0.15, -0.1) is 0 Å². The average molecular weight is 485 g/mol. The lowest BCUT2D eigenvalue weighted by atomic mass is 9.38. The van der Waals surface area contributed by atoms with Crippen molar-refractivity contribution in [3.8, 4) is 0 Å². The van der Waals surface area contributed by atoms with Gasteiger partial charge in [0, 0.05) is 30.1 Å². The van der Waals surface area contributed by atoms with E-state index in [-0.39, 0.29) is 36.9 Å². The maximum absolute atomic E-state index is 12.3. The van der Waals surface area contributed by atoms with E-state index in [0.29, 0.717) is 32.1 Å². The van der Waals surface area contributed by atoms with Gasteiger partial charge in [0.25, 0.3) is 0 Å². The van der Waals surface area contributed by atoms with Crippen LogP contribution in [0.1, 0.15) is 85.5 Å². The Bertz CT molecular complexity index is 821. The van der Waals surface area contributed by atoms with Crippen LogP contribution >= 0.6 is 0 Å². The highest BCUT2D eigenvalue weighted by molar-refractivity contribution is 5.77. The van der Waals surface area contributed by atoms with E-state index in [2.05, 4.69) is 0 Å². The monoisotopic (exact) mass is 484 g/mol. The van der Waals surface area contributed by atoms with Crippen molar-refractivity contribution in [1.29, 1.82) is 0 Å². The molecule has 0 heterocycles. The van der Waals surface area contributed by atoms with E-state index in [1.807, 2.05) is 20.8 Å². The first-order chi connectivity index (χ1) is 15.6. The topological polar surface area (TPSA) is 159 Å². The molecule has 0 amide bonds. The summed E-state index contributed by atoms with van der Waals surface area (Å²) in [5, 5.41) is 79.7. The van der Waals surface area contributed by atoms with Gasteiger partial charge in [-0.05, 0) is 56.3 Å². The zero-order valence-corrected chi connectivity index (χ0v) is 20.9. The second kappa shape index (κ2) is 8.20. The normalized spacial score (nSPS) is 55.7. The van der Waals surface area contributed by atoms with Crippen molar-refractivity contribution in [3.05, 3.63) is 0 Å². The summed E-state index contributed by atoms with van der Waals surface area (Å²) in [5.74, 6) is -0.614. The van der Waals surface area contributed by atoms with Crippen LogP contribution < -0.4 is 0 Å². The molecule has 4 rings (SSSR count). The van der Waals surface area contributed by atoms with Gasteiger partial charge in [-0.25, -0.2) is 0 Å². The first-order valence-electron chi connectivity index (χ1n) is 13.1. The van der Waals surface area contributed by atoms with Crippen LogP contribution in [0.5, 0.6) is 0 Å². The van der Waals surface area contributed by atoms with Crippen molar-refractivity contribution < 1.29 is 40.5 Å². The number of aliphatic hydroxyl groups is 7. The fourth-order valence-corrected chi connectivity index (χ4v) is 9.13. The van der Waals surface area contributed by atoms with Crippen LogP contribution in [-0.2, 0) is 4.79 Å². The van der Waals surface area contributed by atoms with Crippen LogP contribution in [0.3, 0.4) is 0 Å². The highest BCUT2D eigenvalue weighted by atomic mass is 16.4. The predicted octanol–water partition coefficient (Wildman–Crippen LogP) is 0.659. The first kappa shape index (κ1) is 26.5. The molecule has 0 bridgehead atoms. The molecule has 8 nitrogen and oxygen atoms in total. The summed E-state index contributed by atoms with van der Waals surface area (Å²) in [6, 6.07) is 0. The van der Waals surface area contributed by atoms with Crippen LogP contribution in [0.15, 0.2) is 0 Å². The average Bonchev–Trinajstić information content (AvgIpc) is 3.00. The molecule has 0 radical (unpaired) electrons. The smallest absolute Gasteiger partial charge is 0.132 e. The Morgan fingerprint density at radius 2 is 1.59 bits per heavy atom. The summed E-state index contributed by atoms with van der Waals surface area (Å²) < 4.78 is 0. The Hall–Kier alpha value is -0.610. The standard InChI is InChI=1S/C26H44O8/c1-5-15(27)7-6-14(2)16-12-19(29)26(34)22(16,3)11-9-18-23(4)10-8-17(28)21(31)25(23,33)20(30)13-24(18,26)32/h14,16-21,28-34H,5-13H2,1-4H3/t14-,16-,17+,18-,19+,20+,21+,22-,23-,24+,25-,26+/m1/s1. The van der Waals surface area contributed by atoms with E-state index in [1.54, 1.807) is 6.92 Å². The number of fused-ring (bicyclic) bond motifs is 5. The highest BCUT2D eigenvalue weighted by Gasteiger charge is 2.81. The van der Waals surface area contributed by atoms with Crippen LogP contribution in [0.25, 0.3) is 0 Å². The molecular weight excluding hydrogens is 440 g/mol. The fourth-order valence-electron chi connectivity index (χ4n) is 9.13. The summed E-state index contributed by atoms with van der Waals surface area (Å²) in [6.07, 6.45) is -2.79. The second-order valence-corrected chi connectivity index (χ2v) is 12.5. The maximum Gasteiger partial charge on any atom is 0.132 e. The molecule has 0 spiro atoms. The second-order valence-electron chi connectivity index (χ2n) is 12.5. The summed E-state index contributed by atoms with van der Waals surface area (Å²) in [5.41, 5.74) is -7.89. The molecule has 0 saturated heterocycles. The van der Waals surface area contributed by atoms with Crippen LogP contribution in [0.4, 0.5) is 0 Å². The molecule has 4 aliphatic carbocycles. The van der Waals surface area contributed by atoms with E-state index in [4.69, 9.17) is 0 Å². The molecule has 34 heavy (non-hydrogen) atoms. The number of hydrogen-bond donors (Lipinski definition) is 7. The van der Waals surface area contributed by atoms with E-state index < -0.39 is 64.4 Å². The lowest BCUT2D eigenvalue weighted by molar-refractivity contribution is -0.372. The van der Waals surface area contributed by atoms with Crippen molar-refractivity contribution >= 4 is 5.78 Å². The minimum Gasteiger partial charge on any atom is -0.390 e. The van der Waals surface area contributed by atoms with E-state index in [9.17, 15) is 40.5 Å². The van der Waals surface area contributed by atoms with Gasteiger partial charge in [0.05, 0.1) is 18.3 Å². The van der Waals surface area contributed by atoms with E-state index in [0.717, 1.165) is 0 Å². The van der Waals surface area contributed by atoms with E-state index >= 15 is 0 Å². The number of carbonyl (C=O) groups excluding carboxylic acids is 1. The summed E-state index contributed by atoms with van der Waals surface area (Å²) in [6.45, 7) is 7.47. The van der Waals surface area contributed by atoms with Crippen molar-refractivity contribution in [2.45, 2.75) is 127 Å². The molecule has 4 saturated carbocycles. The number of hydrogen-bond acceptors (Lipinski definition) is 8. The van der Waals surface area contributed by atoms with Crippen LogP contribution in [-0.4, -0.2) is 82.7 Å². The first-order valence-corrected chi connectivity index (χ1v) is 13.1. The van der Waals surface area contributed by atoms with Gasteiger partial charge in [0.1, 0.15) is 28.7 Å². The molecule has 8 heteroatoms. The zero-order chi connectivity index (χ0) is 25.5. The van der Waals surface area contributed by atoms with Gasteiger partial charge >= 0.3 is 0 Å². The lowest BCUT2D eigenvalue weighted by Crippen LogP contribution is -2.83. The minimum atomic E-state index is -2.04. The number of Topliss-reactive ketones (excluding diaryl/α,β-unsaturated/α-hetero) is 1. The van der Waals surface area contributed by atoms with Crippen molar-refractivity contribution in [1.82, 2.24) is 0 Å². The molecule has 0 aromatic carbocycles. The zero-order valence-electron chi connectivity index (χ0n) is 20.9. The molecule has 0 aromatic heterocycles. The molecule has 12 atom stereocenters. The van der Waals surface area contributed by atoms with Crippen LogP contribution in [0, 0.1) is 28.6 Å². The van der Waals surface area contributed by atoms with Crippen molar-refractivity contribution in [2.24, 2.45) is 28.6 Å². The van der Waals surface area contributed by atoms with Gasteiger partial charge in [-0.3, -0.25) is 4.79 Å². The van der Waals surface area contributed by atoms with Crippen molar-refractivity contribution in [3.63, 3.8) is 0 Å². The summed E-state index contributed by atoms with van der Waals surface area (Å²) in [7, 11) is 0. The minimum absolute atomic E-state index is 0.0389. The van der Waals surface area contributed by atoms with Gasteiger partial charge in [-0.1, -0.05) is 27.7 Å². The number of rotatable bonds is 5. The quantitative estimate of drug-likeness (QED) is 0.300. The maximum atomic E-state index is 12.3. The Balaban J connectivity index is 1.73. The third-order valence-corrected chi connectivity index (χ3v) is 11.3. The Kier molecular flexibility index (Phi) is 6.38. The third-order valence-electron chi connectivity index (χ3n) is 11.3. The molecular formula is C26H44O8. The van der Waals surface area contributed by atoms with Gasteiger partial charge < -0.3 is 35.7 Å². The van der Waals surface area contributed by atoms with Gasteiger partial charge in [0.15, 0.2) is 0 Å². The molecule has 196 valence electrons. The summed E-state index contributed by atoms with van der Waals surface area (Å²) in [4.78, 5) is 11.9.